The summed E-state index contributed by atoms with van der Waals surface area (Å²) in [6.45, 7) is 4.44. The molecule has 2 heteroatoms. The molecule has 0 radical (unpaired) electrons. The van der Waals surface area contributed by atoms with Gasteiger partial charge in [-0.3, -0.25) is 0 Å². The molecule has 0 bridgehead atoms. The van der Waals surface area contributed by atoms with E-state index in [0.29, 0.717) is 5.92 Å². The largest absolute Gasteiger partial charge is 0.321 e. The SMILES string of the molecule is CC(C)c1ccc(C2(N)CCCCC2)cc1Br. The first-order chi connectivity index (χ1) is 8.03. The first kappa shape index (κ1) is 13.1. The van der Waals surface area contributed by atoms with Crippen LogP contribution < -0.4 is 5.73 Å². The standard InChI is InChI=1S/C15H22BrN/c1-11(2)13-7-6-12(10-14(13)16)15(17)8-4-3-5-9-15/h6-7,10-11H,3-5,8-9,17H2,1-2H3. The normalized spacial score (nSPS) is 19.6. The molecule has 1 aromatic carbocycles. The molecule has 1 aliphatic rings. The van der Waals surface area contributed by atoms with Gasteiger partial charge in [-0.1, -0.05) is 61.2 Å². The predicted molar refractivity (Wildman–Crippen MR) is 77.2 cm³/mol. The van der Waals surface area contributed by atoms with E-state index in [2.05, 4.69) is 48.0 Å². The Morgan fingerprint density at radius 2 is 1.82 bits per heavy atom. The van der Waals surface area contributed by atoms with Crippen LogP contribution in [0.25, 0.3) is 0 Å². The van der Waals surface area contributed by atoms with Crippen LogP contribution in [0, 0.1) is 0 Å². The van der Waals surface area contributed by atoms with Gasteiger partial charge in [0.2, 0.25) is 0 Å². The molecule has 0 atom stereocenters. The fourth-order valence-electron chi connectivity index (χ4n) is 2.78. The minimum atomic E-state index is -0.0870. The number of benzene rings is 1. The molecule has 2 N–H and O–H groups in total. The van der Waals surface area contributed by atoms with Crippen molar-refractivity contribution in [2.45, 2.75) is 57.4 Å². The third kappa shape index (κ3) is 2.74. The maximum Gasteiger partial charge on any atom is 0.0410 e. The van der Waals surface area contributed by atoms with Crippen molar-refractivity contribution in [3.05, 3.63) is 33.8 Å². The van der Waals surface area contributed by atoms with E-state index in [-0.39, 0.29) is 5.54 Å². The monoisotopic (exact) mass is 295 g/mol. The van der Waals surface area contributed by atoms with E-state index in [0.717, 1.165) is 12.8 Å². The number of nitrogens with two attached hydrogens (primary N) is 1. The number of hydrogen-bond acceptors (Lipinski definition) is 1. The highest BCUT2D eigenvalue weighted by molar-refractivity contribution is 9.10. The van der Waals surface area contributed by atoms with Crippen LogP contribution in [0.2, 0.25) is 0 Å². The van der Waals surface area contributed by atoms with Crippen molar-refractivity contribution in [3.63, 3.8) is 0 Å². The summed E-state index contributed by atoms with van der Waals surface area (Å²) in [6.07, 6.45) is 6.12. The number of hydrogen-bond donors (Lipinski definition) is 1. The molecule has 1 aliphatic carbocycles. The van der Waals surface area contributed by atoms with E-state index in [4.69, 9.17) is 5.73 Å². The molecule has 0 aliphatic heterocycles. The Labute approximate surface area is 113 Å². The fraction of sp³-hybridized carbons (Fsp3) is 0.600. The molecule has 0 saturated heterocycles. The third-order valence-electron chi connectivity index (χ3n) is 3.94. The second kappa shape index (κ2) is 5.11. The molecule has 94 valence electrons. The Morgan fingerprint density at radius 3 is 2.35 bits per heavy atom. The van der Waals surface area contributed by atoms with Gasteiger partial charge in [-0.05, 0) is 36.0 Å². The first-order valence-corrected chi connectivity index (χ1v) is 7.41. The van der Waals surface area contributed by atoms with Gasteiger partial charge >= 0.3 is 0 Å². The summed E-state index contributed by atoms with van der Waals surface area (Å²) in [7, 11) is 0. The molecular weight excluding hydrogens is 274 g/mol. The molecule has 1 fully saturated rings. The van der Waals surface area contributed by atoms with Crippen molar-refractivity contribution in [2.24, 2.45) is 5.73 Å². The Balaban J connectivity index is 2.30. The Morgan fingerprint density at radius 1 is 1.18 bits per heavy atom. The van der Waals surface area contributed by atoms with Crippen LogP contribution in [0.4, 0.5) is 0 Å². The zero-order valence-electron chi connectivity index (χ0n) is 10.8. The lowest BCUT2D eigenvalue weighted by Crippen LogP contribution is -2.38. The maximum absolute atomic E-state index is 6.55. The van der Waals surface area contributed by atoms with Crippen molar-refractivity contribution < 1.29 is 0 Å². The van der Waals surface area contributed by atoms with Crippen molar-refractivity contribution in [1.82, 2.24) is 0 Å². The molecule has 2 rings (SSSR count). The van der Waals surface area contributed by atoms with E-state index in [9.17, 15) is 0 Å². The molecule has 0 heterocycles. The maximum atomic E-state index is 6.55. The minimum absolute atomic E-state index is 0.0870. The van der Waals surface area contributed by atoms with Gasteiger partial charge < -0.3 is 5.73 Å². The van der Waals surface area contributed by atoms with E-state index < -0.39 is 0 Å². The van der Waals surface area contributed by atoms with Crippen LogP contribution >= 0.6 is 15.9 Å². The summed E-state index contributed by atoms with van der Waals surface area (Å²) in [5.74, 6) is 0.554. The van der Waals surface area contributed by atoms with Gasteiger partial charge in [0.25, 0.3) is 0 Å². The molecule has 0 amide bonds. The van der Waals surface area contributed by atoms with E-state index >= 15 is 0 Å². The second-order valence-electron chi connectivity index (χ2n) is 5.61. The summed E-state index contributed by atoms with van der Waals surface area (Å²) < 4.78 is 1.21. The van der Waals surface area contributed by atoms with Gasteiger partial charge in [0.15, 0.2) is 0 Å². The van der Waals surface area contributed by atoms with Gasteiger partial charge in [0.05, 0.1) is 0 Å². The summed E-state index contributed by atoms with van der Waals surface area (Å²) in [6, 6.07) is 6.69. The van der Waals surface area contributed by atoms with Crippen LogP contribution in [-0.2, 0) is 5.54 Å². The van der Waals surface area contributed by atoms with Gasteiger partial charge in [-0.25, -0.2) is 0 Å². The lowest BCUT2D eigenvalue weighted by molar-refractivity contribution is 0.302. The van der Waals surface area contributed by atoms with Crippen molar-refractivity contribution in [1.29, 1.82) is 0 Å². The lowest BCUT2D eigenvalue weighted by atomic mass is 9.77. The highest BCUT2D eigenvalue weighted by atomic mass is 79.9. The van der Waals surface area contributed by atoms with Crippen molar-refractivity contribution in [3.8, 4) is 0 Å². The molecule has 0 unspecified atom stereocenters. The third-order valence-corrected chi connectivity index (χ3v) is 4.63. The van der Waals surface area contributed by atoms with Gasteiger partial charge in [0.1, 0.15) is 0 Å². The molecule has 1 aromatic rings. The Bertz CT molecular complexity index is 392. The summed E-state index contributed by atoms with van der Waals surface area (Å²) in [4.78, 5) is 0. The highest BCUT2D eigenvalue weighted by Gasteiger charge is 2.29. The van der Waals surface area contributed by atoms with Gasteiger partial charge in [0, 0.05) is 10.0 Å². The average Bonchev–Trinajstić information content (AvgIpc) is 2.29. The Hall–Kier alpha value is -0.340. The van der Waals surface area contributed by atoms with Crippen LogP contribution in [0.1, 0.15) is 63.0 Å². The first-order valence-electron chi connectivity index (χ1n) is 6.62. The second-order valence-corrected chi connectivity index (χ2v) is 6.46. The molecule has 1 nitrogen and oxygen atoms in total. The zero-order valence-corrected chi connectivity index (χ0v) is 12.4. The average molecular weight is 296 g/mol. The molecule has 1 saturated carbocycles. The number of halogens is 1. The van der Waals surface area contributed by atoms with E-state index in [1.54, 1.807) is 0 Å². The molecule has 0 aromatic heterocycles. The smallest absolute Gasteiger partial charge is 0.0410 e. The van der Waals surface area contributed by atoms with Gasteiger partial charge in [-0.15, -0.1) is 0 Å². The van der Waals surface area contributed by atoms with Crippen LogP contribution in [0.15, 0.2) is 22.7 Å². The van der Waals surface area contributed by atoms with Crippen molar-refractivity contribution in [2.75, 3.05) is 0 Å². The summed E-state index contributed by atoms with van der Waals surface area (Å²) in [5.41, 5.74) is 9.14. The quantitative estimate of drug-likeness (QED) is 0.841. The number of rotatable bonds is 2. The van der Waals surface area contributed by atoms with E-state index in [1.165, 1.54) is 34.9 Å². The fourth-order valence-corrected chi connectivity index (χ4v) is 3.61. The Kier molecular flexibility index (Phi) is 3.94. The topological polar surface area (TPSA) is 26.0 Å². The molecule has 17 heavy (non-hydrogen) atoms. The minimum Gasteiger partial charge on any atom is -0.321 e. The summed E-state index contributed by atoms with van der Waals surface area (Å²) >= 11 is 3.68. The molecule has 0 spiro atoms. The van der Waals surface area contributed by atoms with Crippen LogP contribution in [0.5, 0.6) is 0 Å². The predicted octanol–water partition coefficient (Wildman–Crippen LogP) is 4.69. The molecular formula is C15H22BrN. The van der Waals surface area contributed by atoms with E-state index in [1.807, 2.05) is 0 Å². The van der Waals surface area contributed by atoms with Gasteiger partial charge in [-0.2, -0.15) is 0 Å². The lowest BCUT2D eigenvalue weighted by Gasteiger charge is -2.34. The summed E-state index contributed by atoms with van der Waals surface area (Å²) in [5, 5.41) is 0. The van der Waals surface area contributed by atoms with Crippen LogP contribution in [-0.4, -0.2) is 0 Å². The highest BCUT2D eigenvalue weighted by Crippen LogP contribution is 2.37. The zero-order chi connectivity index (χ0) is 12.5. The van der Waals surface area contributed by atoms with Crippen LogP contribution in [0.3, 0.4) is 0 Å². The van der Waals surface area contributed by atoms with Crippen molar-refractivity contribution >= 4 is 15.9 Å².